The average molecular weight is 400 g/mol. The maximum Gasteiger partial charge on any atom is 0.165 e. The molecule has 4 unspecified atom stereocenters. The smallest absolute Gasteiger partial charge is 0.165 e. The summed E-state index contributed by atoms with van der Waals surface area (Å²) in [6.45, 7) is 6.13. The fraction of sp³-hybridized carbons (Fsp3) is 0.750. The van der Waals surface area contributed by atoms with Crippen LogP contribution >= 0.6 is 0 Å². The molecule has 158 valence electrons. The number of phenols is 1. The zero-order valence-electron chi connectivity index (χ0n) is 17.7. The molecule has 0 radical (unpaired) electrons. The van der Waals surface area contributed by atoms with E-state index in [1.807, 2.05) is 13.8 Å². The van der Waals surface area contributed by atoms with Gasteiger partial charge in [0.25, 0.3) is 0 Å². The molecule has 2 N–H and O–H groups in total. The first-order valence-electron chi connectivity index (χ1n) is 11.4. The quantitative estimate of drug-likeness (QED) is 0.815. The molecule has 1 aromatic carbocycles. The van der Waals surface area contributed by atoms with Crippen LogP contribution in [0.3, 0.4) is 0 Å². The largest absolute Gasteiger partial charge is 0.504 e. The summed E-state index contributed by atoms with van der Waals surface area (Å²) in [5.41, 5.74) is 1.66. The van der Waals surface area contributed by atoms with Crippen LogP contribution in [-0.4, -0.2) is 59.2 Å². The van der Waals surface area contributed by atoms with Crippen molar-refractivity contribution < 1.29 is 19.7 Å². The van der Waals surface area contributed by atoms with Gasteiger partial charge >= 0.3 is 0 Å². The lowest BCUT2D eigenvalue weighted by Gasteiger charge is -2.62. The molecule has 5 heteroatoms. The summed E-state index contributed by atoms with van der Waals surface area (Å²) in [5.74, 6) is 2.25. The molecule has 3 aliphatic carbocycles. The van der Waals surface area contributed by atoms with Crippen LogP contribution in [0.2, 0.25) is 0 Å². The van der Waals surface area contributed by atoms with Crippen LogP contribution in [0.4, 0.5) is 0 Å². The highest BCUT2D eigenvalue weighted by molar-refractivity contribution is 5.61. The van der Waals surface area contributed by atoms with E-state index in [0.29, 0.717) is 17.7 Å². The number of piperidine rings is 1. The Bertz CT molecular complexity index is 844. The standard InChI is InChI=1S/C24H33NO4/c1-23(2,27)16-11-15-17-10-14-6-7-18(26)21-19(14)24(15,22(29-21)20(16)28-3)8-9-25(17)12-13-4-5-13/h6-7,13,15-17,20,22,26-27H,4-5,8-12H2,1-3H3/t15?,16?,17-,20-,22?,24?/m1/s1. The van der Waals surface area contributed by atoms with Gasteiger partial charge in [0, 0.05) is 36.6 Å². The number of benzene rings is 1. The summed E-state index contributed by atoms with van der Waals surface area (Å²) in [5, 5.41) is 21.7. The maximum atomic E-state index is 11.0. The highest BCUT2D eigenvalue weighted by atomic mass is 16.5. The van der Waals surface area contributed by atoms with Gasteiger partial charge in [-0.15, -0.1) is 0 Å². The van der Waals surface area contributed by atoms with E-state index in [9.17, 15) is 10.2 Å². The minimum atomic E-state index is -0.835. The third kappa shape index (κ3) is 2.38. The number of hydrogen-bond acceptors (Lipinski definition) is 5. The molecule has 1 aromatic rings. The summed E-state index contributed by atoms with van der Waals surface area (Å²) in [6.07, 6.45) is 5.44. The Labute approximate surface area is 173 Å². The number of methoxy groups -OCH3 is 1. The number of hydrogen-bond donors (Lipinski definition) is 2. The third-order valence-electron chi connectivity index (χ3n) is 8.85. The summed E-state index contributed by atoms with van der Waals surface area (Å²) < 4.78 is 12.6. The van der Waals surface area contributed by atoms with Gasteiger partial charge in [-0.3, -0.25) is 4.90 Å². The van der Waals surface area contributed by atoms with E-state index < -0.39 is 5.60 Å². The second-order valence-corrected chi connectivity index (χ2v) is 10.8. The van der Waals surface area contributed by atoms with Crippen LogP contribution in [0, 0.1) is 17.8 Å². The summed E-state index contributed by atoms with van der Waals surface area (Å²) in [4.78, 5) is 2.74. The molecular formula is C24H33NO4. The average Bonchev–Trinajstić information content (AvgIpc) is 3.42. The first-order chi connectivity index (χ1) is 13.8. The molecule has 2 heterocycles. The summed E-state index contributed by atoms with van der Waals surface area (Å²) >= 11 is 0. The number of phenolic OH excluding ortho intramolecular Hbond substituents is 1. The van der Waals surface area contributed by atoms with Crippen LogP contribution in [0.15, 0.2) is 12.1 Å². The Balaban J connectivity index is 1.52. The van der Waals surface area contributed by atoms with Crippen LogP contribution in [-0.2, 0) is 16.6 Å². The Morgan fingerprint density at radius 2 is 2.10 bits per heavy atom. The van der Waals surface area contributed by atoms with Gasteiger partial charge in [0.2, 0.25) is 0 Å². The summed E-state index contributed by atoms with van der Waals surface area (Å²) in [7, 11) is 1.75. The lowest BCUT2D eigenvalue weighted by Crippen LogP contribution is -2.70. The molecule has 6 atom stereocenters. The maximum absolute atomic E-state index is 11.0. The molecule has 29 heavy (non-hydrogen) atoms. The first-order valence-corrected chi connectivity index (χ1v) is 11.4. The number of ether oxygens (including phenoxy) is 2. The number of aliphatic hydroxyl groups is 1. The van der Waals surface area contributed by atoms with E-state index in [2.05, 4.69) is 11.0 Å². The van der Waals surface area contributed by atoms with Crippen molar-refractivity contribution in [2.45, 2.75) is 75.2 Å². The predicted molar refractivity (Wildman–Crippen MR) is 109 cm³/mol. The molecule has 5 aliphatic rings. The Morgan fingerprint density at radius 1 is 1.31 bits per heavy atom. The van der Waals surface area contributed by atoms with Crippen LogP contribution < -0.4 is 4.74 Å². The zero-order valence-corrected chi connectivity index (χ0v) is 17.7. The van der Waals surface area contributed by atoms with E-state index in [1.54, 1.807) is 13.2 Å². The number of aromatic hydroxyl groups is 1. The SMILES string of the molecule is CO[C@@H]1C(C(C)(C)O)CC2[C@H]3Cc4ccc(O)c5c4C2(CCN3CC2CC2)C1O5. The molecule has 2 bridgehead atoms. The highest BCUT2D eigenvalue weighted by Gasteiger charge is 2.69. The van der Waals surface area contributed by atoms with Crippen LogP contribution in [0.5, 0.6) is 11.5 Å². The number of likely N-dealkylation sites (tertiary alicyclic amines) is 1. The van der Waals surface area contributed by atoms with Crippen molar-refractivity contribution in [3.05, 3.63) is 23.3 Å². The van der Waals surface area contributed by atoms with E-state index in [1.165, 1.54) is 30.5 Å². The van der Waals surface area contributed by atoms with E-state index in [4.69, 9.17) is 9.47 Å². The van der Waals surface area contributed by atoms with E-state index in [0.717, 1.165) is 31.7 Å². The van der Waals surface area contributed by atoms with Gasteiger partial charge in [0.15, 0.2) is 11.5 Å². The van der Waals surface area contributed by atoms with Crippen molar-refractivity contribution >= 4 is 0 Å². The van der Waals surface area contributed by atoms with Gasteiger partial charge in [-0.05, 0) is 76.0 Å². The van der Waals surface area contributed by atoms with Crippen molar-refractivity contribution in [3.63, 3.8) is 0 Å². The zero-order chi connectivity index (χ0) is 20.1. The fourth-order valence-electron chi connectivity index (χ4n) is 7.41. The lowest BCUT2D eigenvalue weighted by molar-refractivity contribution is -0.179. The Kier molecular flexibility index (Phi) is 3.75. The molecule has 0 aromatic heterocycles. The molecule has 2 saturated carbocycles. The van der Waals surface area contributed by atoms with E-state index >= 15 is 0 Å². The van der Waals surface area contributed by atoms with Gasteiger partial charge in [-0.2, -0.15) is 0 Å². The van der Waals surface area contributed by atoms with Crippen LogP contribution in [0.1, 0.15) is 50.7 Å². The highest BCUT2D eigenvalue weighted by Crippen LogP contribution is 2.65. The van der Waals surface area contributed by atoms with Gasteiger partial charge in [0.1, 0.15) is 12.2 Å². The van der Waals surface area contributed by atoms with Gasteiger partial charge in [0.05, 0.1) is 5.60 Å². The predicted octanol–water partition coefficient (Wildman–Crippen LogP) is 2.85. The van der Waals surface area contributed by atoms with Crippen LogP contribution in [0.25, 0.3) is 0 Å². The van der Waals surface area contributed by atoms with Crippen molar-refractivity contribution in [2.24, 2.45) is 17.8 Å². The second-order valence-electron chi connectivity index (χ2n) is 10.8. The molecule has 5 nitrogen and oxygen atoms in total. The minimum Gasteiger partial charge on any atom is -0.504 e. The molecule has 1 saturated heterocycles. The van der Waals surface area contributed by atoms with Gasteiger partial charge in [-0.1, -0.05) is 6.07 Å². The molecule has 3 fully saturated rings. The molecular weight excluding hydrogens is 366 g/mol. The summed E-state index contributed by atoms with van der Waals surface area (Å²) in [6, 6.07) is 4.41. The van der Waals surface area contributed by atoms with Gasteiger partial charge in [-0.25, -0.2) is 0 Å². The monoisotopic (exact) mass is 399 g/mol. The lowest BCUT2D eigenvalue weighted by atomic mass is 9.48. The first kappa shape index (κ1) is 18.5. The van der Waals surface area contributed by atoms with Crippen molar-refractivity contribution in [1.82, 2.24) is 4.90 Å². The van der Waals surface area contributed by atoms with Crippen molar-refractivity contribution in [2.75, 3.05) is 20.2 Å². The molecule has 0 amide bonds. The minimum absolute atomic E-state index is 0.0111. The molecule has 1 spiro atoms. The fourth-order valence-corrected chi connectivity index (χ4v) is 7.41. The number of rotatable bonds is 4. The second kappa shape index (κ2) is 5.89. The van der Waals surface area contributed by atoms with E-state index in [-0.39, 0.29) is 29.3 Å². The third-order valence-corrected chi connectivity index (χ3v) is 8.85. The van der Waals surface area contributed by atoms with Crippen molar-refractivity contribution in [1.29, 1.82) is 0 Å². The molecule has 2 aliphatic heterocycles. The molecule has 6 rings (SSSR count). The number of nitrogens with zero attached hydrogens (tertiary/aromatic N) is 1. The van der Waals surface area contributed by atoms with Gasteiger partial charge < -0.3 is 19.7 Å². The normalized spacial score (nSPS) is 40.5. The Morgan fingerprint density at radius 3 is 2.79 bits per heavy atom. The Hall–Kier alpha value is -1.30. The topological polar surface area (TPSA) is 62.2 Å². The van der Waals surface area contributed by atoms with Crippen molar-refractivity contribution in [3.8, 4) is 11.5 Å².